The molecule has 2 nitrogen and oxygen atoms in total. The zero-order valence-corrected chi connectivity index (χ0v) is 14.2. The summed E-state index contributed by atoms with van der Waals surface area (Å²) in [7, 11) is 0. The van der Waals surface area contributed by atoms with E-state index >= 15 is 0 Å². The molecule has 1 aliphatic carbocycles. The molecule has 2 aromatic heterocycles. The summed E-state index contributed by atoms with van der Waals surface area (Å²) in [4.78, 5) is 18.3. The zero-order valence-electron chi connectivity index (χ0n) is 13.4. The number of benzene rings is 1. The van der Waals surface area contributed by atoms with E-state index in [1.54, 1.807) is 17.5 Å². The van der Waals surface area contributed by atoms with Gasteiger partial charge in [0, 0.05) is 38.5 Å². The molecule has 1 aromatic carbocycles. The first-order valence-electron chi connectivity index (χ1n) is 8.03. The summed E-state index contributed by atoms with van der Waals surface area (Å²) in [6, 6.07) is 10.2. The van der Waals surface area contributed by atoms with Crippen molar-refractivity contribution < 1.29 is 0 Å². The third-order valence-corrected chi connectivity index (χ3v) is 5.95. The molecule has 0 bridgehead atoms. The van der Waals surface area contributed by atoms with Crippen molar-refractivity contribution in [2.75, 3.05) is 0 Å². The maximum atomic E-state index is 12.8. The van der Waals surface area contributed by atoms with Crippen LogP contribution in [-0.4, -0.2) is 4.98 Å². The van der Waals surface area contributed by atoms with E-state index in [1.807, 2.05) is 24.4 Å². The number of pyridine rings is 1. The number of hydrogen-bond acceptors (Lipinski definition) is 3. The standard InChI is InChI=1S/C20H19NOS/c1-20(2)8-7-16-18(11-20)23-17-10-13(5-6-15(17)19(16)22)14-4-3-9-21-12-14/h3-6,9-10,12H,7-8,11H2,1-2H3. The number of hydrogen-bond donors (Lipinski definition) is 0. The molecule has 1 aliphatic rings. The van der Waals surface area contributed by atoms with Crippen LogP contribution in [0.3, 0.4) is 0 Å². The van der Waals surface area contributed by atoms with Gasteiger partial charge in [-0.25, -0.2) is 0 Å². The molecule has 0 saturated carbocycles. The van der Waals surface area contributed by atoms with E-state index in [2.05, 4.69) is 31.0 Å². The number of aromatic nitrogens is 1. The van der Waals surface area contributed by atoms with Gasteiger partial charge in [0.15, 0.2) is 5.43 Å². The van der Waals surface area contributed by atoms with Crippen LogP contribution in [-0.2, 0) is 12.8 Å². The zero-order chi connectivity index (χ0) is 16.0. The molecule has 116 valence electrons. The Morgan fingerprint density at radius 2 is 2.04 bits per heavy atom. The van der Waals surface area contributed by atoms with Gasteiger partial charge >= 0.3 is 0 Å². The molecule has 0 fully saturated rings. The molecule has 2 heterocycles. The van der Waals surface area contributed by atoms with Crippen LogP contribution in [0.25, 0.3) is 21.2 Å². The fraction of sp³-hybridized carbons (Fsp3) is 0.300. The second-order valence-electron chi connectivity index (χ2n) is 7.13. The predicted octanol–water partition coefficient (Wildman–Crippen LogP) is 4.84. The highest BCUT2D eigenvalue weighted by Gasteiger charge is 2.28. The van der Waals surface area contributed by atoms with Crippen molar-refractivity contribution in [1.82, 2.24) is 4.98 Å². The smallest absolute Gasteiger partial charge is 0.191 e. The highest BCUT2D eigenvalue weighted by Crippen LogP contribution is 2.38. The lowest BCUT2D eigenvalue weighted by Gasteiger charge is -2.30. The number of fused-ring (bicyclic) bond motifs is 2. The first kappa shape index (κ1) is 14.6. The lowest BCUT2D eigenvalue weighted by molar-refractivity contribution is 0.318. The van der Waals surface area contributed by atoms with Crippen LogP contribution in [0.5, 0.6) is 0 Å². The van der Waals surface area contributed by atoms with Crippen molar-refractivity contribution in [2.24, 2.45) is 5.41 Å². The molecule has 3 aromatic rings. The monoisotopic (exact) mass is 321 g/mol. The normalized spacial score (nSPS) is 16.3. The Balaban J connectivity index is 1.91. The molecule has 0 amide bonds. The van der Waals surface area contributed by atoms with Gasteiger partial charge in [-0.3, -0.25) is 9.78 Å². The van der Waals surface area contributed by atoms with Crippen molar-refractivity contribution >= 4 is 21.4 Å². The minimum atomic E-state index is 0.238. The number of nitrogens with zero attached hydrogens (tertiary/aromatic N) is 1. The summed E-state index contributed by atoms with van der Waals surface area (Å²) in [6.07, 6.45) is 6.67. The summed E-state index contributed by atoms with van der Waals surface area (Å²) in [5.41, 5.74) is 3.80. The molecule has 23 heavy (non-hydrogen) atoms. The average molecular weight is 321 g/mol. The molecular weight excluding hydrogens is 302 g/mol. The Kier molecular flexibility index (Phi) is 3.34. The van der Waals surface area contributed by atoms with Crippen LogP contribution >= 0.6 is 11.3 Å². The van der Waals surface area contributed by atoms with Gasteiger partial charge in [-0.15, -0.1) is 11.3 Å². The van der Waals surface area contributed by atoms with Crippen LogP contribution in [0.4, 0.5) is 0 Å². The van der Waals surface area contributed by atoms with Gasteiger partial charge in [-0.05, 0) is 48.4 Å². The van der Waals surface area contributed by atoms with Crippen LogP contribution in [0, 0.1) is 5.41 Å². The molecule has 4 rings (SSSR count). The minimum absolute atomic E-state index is 0.238. The Bertz CT molecular complexity index is 941. The van der Waals surface area contributed by atoms with E-state index in [4.69, 9.17) is 0 Å². The Morgan fingerprint density at radius 1 is 1.17 bits per heavy atom. The maximum absolute atomic E-state index is 12.8. The van der Waals surface area contributed by atoms with E-state index in [0.717, 1.165) is 46.0 Å². The van der Waals surface area contributed by atoms with Crippen molar-refractivity contribution in [1.29, 1.82) is 0 Å². The average Bonchev–Trinajstić information content (AvgIpc) is 2.54. The van der Waals surface area contributed by atoms with Crippen LogP contribution < -0.4 is 5.43 Å². The van der Waals surface area contributed by atoms with Gasteiger partial charge in [0.05, 0.1) is 0 Å². The predicted molar refractivity (Wildman–Crippen MR) is 97.1 cm³/mol. The van der Waals surface area contributed by atoms with Crippen LogP contribution in [0.2, 0.25) is 0 Å². The second-order valence-corrected chi connectivity index (χ2v) is 8.26. The van der Waals surface area contributed by atoms with E-state index in [-0.39, 0.29) is 5.43 Å². The quantitative estimate of drug-likeness (QED) is 0.642. The first-order chi connectivity index (χ1) is 11.0. The van der Waals surface area contributed by atoms with Crippen molar-refractivity contribution in [3.8, 4) is 11.1 Å². The molecule has 0 radical (unpaired) electrons. The van der Waals surface area contributed by atoms with Crippen molar-refractivity contribution in [3.63, 3.8) is 0 Å². The molecule has 0 atom stereocenters. The third-order valence-electron chi connectivity index (χ3n) is 4.76. The molecule has 0 saturated heterocycles. The summed E-state index contributed by atoms with van der Waals surface area (Å²) in [5, 5.41) is 0.862. The molecular formula is C20H19NOS. The molecule has 0 unspecified atom stereocenters. The second kappa shape index (κ2) is 5.27. The fourth-order valence-electron chi connectivity index (χ4n) is 3.37. The lowest BCUT2D eigenvalue weighted by Crippen LogP contribution is -2.26. The van der Waals surface area contributed by atoms with E-state index in [0.29, 0.717) is 5.41 Å². The van der Waals surface area contributed by atoms with Gasteiger partial charge in [-0.2, -0.15) is 0 Å². The molecule has 0 spiro atoms. The largest absolute Gasteiger partial charge is 0.289 e. The Hall–Kier alpha value is -2.00. The Labute approximate surface area is 139 Å². The van der Waals surface area contributed by atoms with E-state index in [9.17, 15) is 4.79 Å². The summed E-state index contributed by atoms with van der Waals surface area (Å²) < 4.78 is 1.09. The van der Waals surface area contributed by atoms with E-state index in [1.165, 1.54) is 4.88 Å². The van der Waals surface area contributed by atoms with Gasteiger partial charge in [0.2, 0.25) is 0 Å². The van der Waals surface area contributed by atoms with Crippen molar-refractivity contribution in [3.05, 3.63) is 63.4 Å². The number of rotatable bonds is 1. The first-order valence-corrected chi connectivity index (χ1v) is 8.84. The minimum Gasteiger partial charge on any atom is -0.289 e. The van der Waals surface area contributed by atoms with Crippen LogP contribution in [0.15, 0.2) is 47.5 Å². The van der Waals surface area contributed by atoms with Crippen molar-refractivity contribution in [2.45, 2.75) is 33.1 Å². The summed E-state index contributed by atoms with van der Waals surface area (Å²) >= 11 is 1.79. The fourth-order valence-corrected chi connectivity index (χ4v) is 4.88. The third kappa shape index (κ3) is 2.59. The van der Waals surface area contributed by atoms with E-state index < -0.39 is 0 Å². The summed E-state index contributed by atoms with van der Waals surface area (Å²) in [5.74, 6) is 0. The van der Waals surface area contributed by atoms with Gasteiger partial charge < -0.3 is 0 Å². The van der Waals surface area contributed by atoms with Gasteiger partial charge in [0.25, 0.3) is 0 Å². The highest BCUT2D eigenvalue weighted by atomic mass is 32.1. The topological polar surface area (TPSA) is 30.0 Å². The highest BCUT2D eigenvalue weighted by molar-refractivity contribution is 7.18. The molecule has 3 heteroatoms. The Morgan fingerprint density at radius 3 is 2.83 bits per heavy atom. The van der Waals surface area contributed by atoms with Gasteiger partial charge in [-0.1, -0.05) is 26.0 Å². The summed E-state index contributed by atoms with van der Waals surface area (Å²) in [6.45, 7) is 4.59. The maximum Gasteiger partial charge on any atom is 0.191 e. The SMILES string of the molecule is CC1(C)CCc2c(sc3cc(-c4cccnc4)ccc3c2=O)C1. The molecule has 0 aliphatic heterocycles. The van der Waals surface area contributed by atoms with Gasteiger partial charge in [0.1, 0.15) is 0 Å². The van der Waals surface area contributed by atoms with Crippen LogP contribution in [0.1, 0.15) is 30.7 Å². The molecule has 0 N–H and O–H groups in total. The lowest BCUT2D eigenvalue weighted by atomic mass is 9.77.